The molecule has 0 fully saturated rings. The minimum Gasteiger partial charge on any atom is -0.495 e. The number of nitriles is 1. The van der Waals surface area contributed by atoms with E-state index in [4.69, 9.17) is 32.1 Å². The normalized spacial score (nSPS) is 10.5. The third kappa shape index (κ3) is 3.27. The maximum absolute atomic E-state index is 9.07. The number of nitrogens with two attached hydrogens (primary N) is 1. The molecular formula is C15H13ClN4O2. The van der Waals surface area contributed by atoms with Crippen LogP contribution in [0, 0.1) is 11.3 Å². The molecule has 0 saturated heterocycles. The second kappa shape index (κ2) is 6.78. The van der Waals surface area contributed by atoms with Crippen molar-refractivity contribution in [2.45, 2.75) is 0 Å². The smallest absolute Gasteiger partial charge is 0.148 e. The van der Waals surface area contributed by atoms with Crippen LogP contribution in [-0.2, 0) is 0 Å². The lowest BCUT2D eigenvalue weighted by molar-refractivity contribution is 0.406. The summed E-state index contributed by atoms with van der Waals surface area (Å²) in [7, 11) is 3.00. The Kier molecular flexibility index (Phi) is 4.81. The Morgan fingerprint density at radius 2 is 1.73 bits per heavy atom. The van der Waals surface area contributed by atoms with E-state index < -0.39 is 0 Å². The molecule has 112 valence electrons. The van der Waals surface area contributed by atoms with E-state index in [1.165, 1.54) is 14.2 Å². The lowest BCUT2D eigenvalue weighted by Crippen LogP contribution is -1.93. The summed E-state index contributed by atoms with van der Waals surface area (Å²) in [5.74, 6) is 0.906. The third-order valence-electron chi connectivity index (χ3n) is 2.88. The fourth-order valence-corrected chi connectivity index (χ4v) is 1.94. The first-order valence-corrected chi connectivity index (χ1v) is 6.59. The molecular weight excluding hydrogens is 304 g/mol. The molecule has 7 heteroatoms. The molecule has 0 spiro atoms. The number of nitrogen functional groups attached to an aromatic ring is 1. The number of azo groups is 1. The van der Waals surface area contributed by atoms with E-state index in [1.54, 1.807) is 30.3 Å². The molecule has 0 bridgehead atoms. The Hall–Kier alpha value is -2.78. The van der Waals surface area contributed by atoms with Crippen LogP contribution in [0.1, 0.15) is 5.56 Å². The number of hydrogen-bond acceptors (Lipinski definition) is 6. The van der Waals surface area contributed by atoms with Crippen molar-refractivity contribution in [2.75, 3.05) is 20.0 Å². The van der Waals surface area contributed by atoms with Gasteiger partial charge in [0, 0.05) is 17.2 Å². The minimum absolute atomic E-state index is 0.368. The Bertz CT molecular complexity index is 769. The van der Waals surface area contributed by atoms with E-state index in [0.29, 0.717) is 39.1 Å². The summed E-state index contributed by atoms with van der Waals surface area (Å²) in [6, 6.07) is 9.99. The lowest BCUT2D eigenvalue weighted by atomic mass is 10.2. The highest BCUT2D eigenvalue weighted by Crippen LogP contribution is 2.37. The van der Waals surface area contributed by atoms with Crippen molar-refractivity contribution >= 4 is 28.7 Å². The number of rotatable bonds is 4. The topological polar surface area (TPSA) is 93.0 Å². The maximum Gasteiger partial charge on any atom is 0.148 e. The second-order valence-corrected chi connectivity index (χ2v) is 4.68. The SMILES string of the molecule is COc1cc(N=Nc2cc(Cl)ccc2C#N)c(OC)cc1N. The zero-order chi connectivity index (χ0) is 16.1. The quantitative estimate of drug-likeness (QED) is 0.674. The summed E-state index contributed by atoms with van der Waals surface area (Å²) in [5, 5.41) is 17.7. The maximum atomic E-state index is 9.07. The molecule has 0 radical (unpaired) electrons. The highest BCUT2D eigenvalue weighted by atomic mass is 35.5. The van der Waals surface area contributed by atoms with Crippen LogP contribution in [0.15, 0.2) is 40.6 Å². The number of anilines is 1. The molecule has 2 rings (SSSR count). The van der Waals surface area contributed by atoms with Gasteiger partial charge in [-0.15, -0.1) is 10.2 Å². The van der Waals surface area contributed by atoms with Crippen molar-refractivity contribution in [1.29, 1.82) is 5.26 Å². The van der Waals surface area contributed by atoms with Gasteiger partial charge in [0.1, 0.15) is 28.9 Å². The molecule has 0 aliphatic carbocycles. The predicted octanol–water partition coefficient (Wildman–Crippen LogP) is 4.23. The first-order valence-electron chi connectivity index (χ1n) is 6.22. The lowest BCUT2D eigenvalue weighted by Gasteiger charge is -2.09. The first kappa shape index (κ1) is 15.6. The van der Waals surface area contributed by atoms with Crippen molar-refractivity contribution in [2.24, 2.45) is 10.2 Å². The number of methoxy groups -OCH3 is 2. The highest BCUT2D eigenvalue weighted by Gasteiger charge is 2.09. The van der Waals surface area contributed by atoms with Gasteiger partial charge in [-0.3, -0.25) is 0 Å². The Labute approximate surface area is 132 Å². The third-order valence-corrected chi connectivity index (χ3v) is 3.11. The van der Waals surface area contributed by atoms with Crippen molar-refractivity contribution in [1.82, 2.24) is 0 Å². The van der Waals surface area contributed by atoms with Crippen molar-refractivity contribution in [3.8, 4) is 17.6 Å². The van der Waals surface area contributed by atoms with Crippen LogP contribution in [0.5, 0.6) is 11.5 Å². The zero-order valence-corrected chi connectivity index (χ0v) is 12.8. The Morgan fingerprint density at radius 1 is 1.05 bits per heavy atom. The average Bonchev–Trinajstić information content (AvgIpc) is 2.53. The fourth-order valence-electron chi connectivity index (χ4n) is 1.77. The number of nitrogens with zero attached hydrogens (tertiary/aromatic N) is 3. The van der Waals surface area contributed by atoms with Crippen LogP contribution in [0.2, 0.25) is 5.02 Å². The van der Waals surface area contributed by atoms with Crippen LogP contribution >= 0.6 is 11.6 Å². The molecule has 0 aliphatic rings. The van der Waals surface area contributed by atoms with Crippen LogP contribution in [0.4, 0.5) is 17.1 Å². The summed E-state index contributed by atoms with van der Waals surface area (Å²) >= 11 is 5.91. The van der Waals surface area contributed by atoms with E-state index >= 15 is 0 Å². The molecule has 2 aromatic carbocycles. The van der Waals surface area contributed by atoms with Gasteiger partial charge in [0.05, 0.1) is 25.5 Å². The van der Waals surface area contributed by atoms with Gasteiger partial charge in [-0.05, 0) is 18.2 Å². The van der Waals surface area contributed by atoms with Gasteiger partial charge in [-0.2, -0.15) is 5.26 Å². The highest BCUT2D eigenvalue weighted by molar-refractivity contribution is 6.30. The van der Waals surface area contributed by atoms with Crippen LogP contribution in [0.25, 0.3) is 0 Å². The van der Waals surface area contributed by atoms with Crippen LogP contribution in [-0.4, -0.2) is 14.2 Å². The van der Waals surface area contributed by atoms with Crippen molar-refractivity contribution in [3.05, 3.63) is 40.9 Å². The molecule has 0 aromatic heterocycles. The monoisotopic (exact) mass is 316 g/mol. The van der Waals surface area contributed by atoms with Gasteiger partial charge in [-0.25, -0.2) is 0 Å². The number of benzene rings is 2. The van der Waals surface area contributed by atoms with Gasteiger partial charge in [0.15, 0.2) is 0 Å². The Morgan fingerprint density at radius 3 is 2.36 bits per heavy atom. The molecule has 0 heterocycles. The van der Waals surface area contributed by atoms with Gasteiger partial charge in [0.2, 0.25) is 0 Å². The summed E-state index contributed by atoms with van der Waals surface area (Å²) < 4.78 is 10.4. The van der Waals surface area contributed by atoms with Gasteiger partial charge in [-0.1, -0.05) is 11.6 Å². The molecule has 0 saturated carbocycles. The van der Waals surface area contributed by atoms with Crippen LogP contribution in [0.3, 0.4) is 0 Å². The molecule has 0 atom stereocenters. The minimum atomic E-state index is 0.368. The summed E-state index contributed by atoms with van der Waals surface area (Å²) in [6.45, 7) is 0. The molecule has 6 nitrogen and oxygen atoms in total. The fraction of sp³-hybridized carbons (Fsp3) is 0.133. The summed E-state index contributed by atoms with van der Waals surface area (Å²) in [6.07, 6.45) is 0. The summed E-state index contributed by atoms with van der Waals surface area (Å²) in [4.78, 5) is 0. The second-order valence-electron chi connectivity index (χ2n) is 4.24. The van der Waals surface area contributed by atoms with E-state index in [9.17, 15) is 0 Å². The summed E-state index contributed by atoms with van der Waals surface area (Å²) in [5.41, 5.74) is 7.41. The van der Waals surface area contributed by atoms with Gasteiger partial charge >= 0.3 is 0 Å². The number of hydrogen-bond donors (Lipinski definition) is 1. The zero-order valence-electron chi connectivity index (χ0n) is 12.0. The van der Waals surface area contributed by atoms with E-state index in [0.717, 1.165) is 0 Å². The Balaban J connectivity index is 2.46. The first-order chi connectivity index (χ1) is 10.6. The average molecular weight is 317 g/mol. The molecule has 0 unspecified atom stereocenters. The van der Waals surface area contributed by atoms with Gasteiger partial charge < -0.3 is 15.2 Å². The van der Waals surface area contributed by atoms with Gasteiger partial charge in [0.25, 0.3) is 0 Å². The molecule has 0 amide bonds. The number of ether oxygens (including phenoxy) is 2. The van der Waals surface area contributed by atoms with Crippen molar-refractivity contribution in [3.63, 3.8) is 0 Å². The van der Waals surface area contributed by atoms with Crippen LogP contribution < -0.4 is 15.2 Å². The van der Waals surface area contributed by atoms with E-state index in [2.05, 4.69) is 10.2 Å². The largest absolute Gasteiger partial charge is 0.495 e. The van der Waals surface area contributed by atoms with E-state index in [-0.39, 0.29) is 0 Å². The number of halogens is 1. The molecule has 2 aromatic rings. The predicted molar refractivity (Wildman–Crippen MR) is 84.3 cm³/mol. The molecule has 2 N–H and O–H groups in total. The van der Waals surface area contributed by atoms with Crippen molar-refractivity contribution < 1.29 is 9.47 Å². The van der Waals surface area contributed by atoms with E-state index in [1.807, 2.05) is 6.07 Å². The standard InChI is InChI=1S/C15H13ClN4O2/c1-21-14-7-13(15(22-2)6-11(14)18)20-19-12-5-10(16)4-3-9(12)8-17/h3-7H,18H2,1-2H3. The molecule has 0 aliphatic heterocycles. The molecule has 22 heavy (non-hydrogen) atoms.